The number of carbonyl (C=O) groups is 2. The van der Waals surface area contributed by atoms with E-state index in [2.05, 4.69) is 4.74 Å². The molecule has 0 fully saturated rings. The summed E-state index contributed by atoms with van der Waals surface area (Å²) in [6.07, 6.45) is -2.72. The molecule has 1 unspecified atom stereocenters. The van der Waals surface area contributed by atoms with Gasteiger partial charge < -0.3 is 14.6 Å². The van der Waals surface area contributed by atoms with Gasteiger partial charge in [0.1, 0.15) is 17.1 Å². The van der Waals surface area contributed by atoms with Crippen molar-refractivity contribution in [1.82, 2.24) is 0 Å². The van der Waals surface area contributed by atoms with Crippen molar-refractivity contribution in [3.05, 3.63) is 61.2 Å². The van der Waals surface area contributed by atoms with E-state index in [4.69, 9.17) is 9.29 Å². The Balaban J connectivity index is 2.35. The molecule has 0 aliphatic rings. The fourth-order valence-corrected chi connectivity index (χ4v) is 3.01. The molecular formula is C17H12F2INO10S. The third-order valence-electron chi connectivity index (χ3n) is 3.88. The Morgan fingerprint density at radius 3 is 2.34 bits per heavy atom. The summed E-state index contributed by atoms with van der Waals surface area (Å²) in [4.78, 5) is 34.6. The number of halogens is 3. The lowest BCUT2D eigenvalue weighted by atomic mass is 10.1. The molecule has 0 bridgehead atoms. The zero-order chi connectivity index (χ0) is 24.4. The van der Waals surface area contributed by atoms with Crippen molar-refractivity contribution < 1.29 is 50.8 Å². The summed E-state index contributed by atoms with van der Waals surface area (Å²) in [7, 11) is -5.95. The van der Waals surface area contributed by atoms with Crippen molar-refractivity contribution in [2.24, 2.45) is 0 Å². The summed E-state index contributed by atoms with van der Waals surface area (Å²) in [6, 6.07) is 6.13. The number of rotatable bonds is 7. The maximum absolute atomic E-state index is 13.6. The van der Waals surface area contributed by atoms with Crippen LogP contribution in [-0.4, -0.2) is 46.3 Å². The molecule has 32 heavy (non-hydrogen) atoms. The van der Waals surface area contributed by atoms with Gasteiger partial charge in [-0.05, 0) is 53.8 Å². The number of hydrogen-bond donors (Lipinski definition) is 2. The van der Waals surface area contributed by atoms with Gasteiger partial charge in [0.15, 0.2) is 6.10 Å². The standard InChI is InChI=1S/C17H12F2INO10S/c1-8(17(18,19)32(27,28)29)30-16(24)11-7-10(3-5-13(11)21(25)26)31-15(23)9-2-4-12(20)14(22)6-9/h2-8,22H,1H3,(H,27,28,29). The second kappa shape index (κ2) is 9.29. The summed E-state index contributed by atoms with van der Waals surface area (Å²) in [5.41, 5.74) is -1.94. The minimum absolute atomic E-state index is 0.105. The molecule has 2 N–H and O–H groups in total. The number of aromatic hydroxyl groups is 1. The van der Waals surface area contributed by atoms with Gasteiger partial charge in [0, 0.05) is 12.1 Å². The molecule has 2 aromatic carbocycles. The highest BCUT2D eigenvalue weighted by molar-refractivity contribution is 14.1. The highest BCUT2D eigenvalue weighted by Gasteiger charge is 2.52. The largest absolute Gasteiger partial charge is 0.507 e. The van der Waals surface area contributed by atoms with Crippen molar-refractivity contribution in [2.75, 3.05) is 0 Å². The first-order valence-corrected chi connectivity index (χ1v) is 10.7. The van der Waals surface area contributed by atoms with Gasteiger partial charge in [0.2, 0.25) is 0 Å². The maximum atomic E-state index is 13.6. The van der Waals surface area contributed by atoms with Crippen molar-refractivity contribution in [1.29, 1.82) is 0 Å². The molecule has 172 valence electrons. The van der Waals surface area contributed by atoms with Crippen molar-refractivity contribution >= 4 is 50.3 Å². The molecule has 0 amide bonds. The molecule has 0 heterocycles. The molecule has 2 rings (SSSR count). The van der Waals surface area contributed by atoms with E-state index in [1.165, 1.54) is 12.1 Å². The predicted octanol–water partition coefficient (Wildman–Crippen LogP) is 3.15. The molecule has 0 saturated carbocycles. The molecule has 0 aliphatic carbocycles. The Morgan fingerprint density at radius 2 is 1.81 bits per heavy atom. The van der Waals surface area contributed by atoms with E-state index < -0.39 is 55.3 Å². The number of phenolic OH excluding ortho intramolecular Hbond substituents is 1. The molecule has 15 heteroatoms. The average Bonchev–Trinajstić information content (AvgIpc) is 2.68. The minimum Gasteiger partial charge on any atom is -0.507 e. The lowest BCUT2D eigenvalue weighted by Gasteiger charge is -2.20. The number of nitro benzene ring substituents is 1. The molecule has 0 saturated heterocycles. The highest BCUT2D eigenvalue weighted by Crippen LogP contribution is 2.30. The molecule has 0 radical (unpaired) electrons. The number of carbonyl (C=O) groups excluding carboxylic acids is 2. The van der Waals surface area contributed by atoms with Gasteiger partial charge in [-0.3, -0.25) is 14.7 Å². The monoisotopic (exact) mass is 587 g/mol. The first-order chi connectivity index (χ1) is 14.6. The molecule has 1 atom stereocenters. The number of esters is 2. The Hall–Kier alpha value is -2.92. The summed E-state index contributed by atoms with van der Waals surface area (Å²) < 4.78 is 67.1. The number of ether oxygens (including phenoxy) is 2. The number of phenols is 1. The maximum Gasteiger partial charge on any atom is 0.405 e. The fraction of sp³-hybridized carbons (Fsp3) is 0.176. The van der Waals surface area contributed by atoms with Crippen LogP contribution in [0.3, 0.4) is 0 Å². The van der Waals surface area contributed by atoms with Crippen LogP contribution in [0.5, 0.6) is 11.5 Å². The number of benzene rings is 2. The van der Waals surface area contributed by atoms with E-state index in [1.807, 2.05) is 0 Å². The van der Waals surface area contributed by atoms with E-state index >= 15 is 0 Å². The van der Waals surface area contributed by atoms with E-state index in [1.54, 1.807) is 22.6 Å². The quantitative estimate of drug-likeness (QED) is 0.123. The van der Waals surface area contributed by atoms with Crippen LogP contribution in [0.15, 0.2) is 36.4 Å². The van der Waals surface area contributed by atoms with Gasteiger partial charge >= 0.3 is 27.3 Å². The van der Waals surface area contributed by atoms with Crippen LogP contribution in [0.1, 0.15) is 27.6 Å². The van der Waals surface area contributed by atoms with Crippen LogP contribution in [-0.2, 0) is 14.9 Å². The SMILES string of the molecule is CC(OC(=O)c1cc(OC(=O)c2ccc(I)c(O)c2)ccc1[N+](=O)[O-])C(F)(F)S(=O)(=O)O. The number of alkyl halides is 2. The average molecular weight is 587 g/mol. The zero-order valence-electron chi connectivity index (χ0n) is 15.7. The lowest BCUT2D eigenvalue weighted by molar-refractivity contribution is -0.385. The molecule has 0 spiro atoms. The zero-order valence-corrected chi connectivity index (χ0v) is 18.7. The Kier molecular flexibility index (Phi) is 7.36. The predicted molar refractivity (Wildman–Crippen MR) is 110 cm³/mol. The molecular weight excluding hydrogens is 575 g/mol. The normalized spacial score (nSPS) is 12.7. The van der Waals surface area contributed by atoms with Gasteiger partial charge in [-0.1, -0.05) is 0 Å². The van der Waals surface area contributed by atoms with E-state index in [9.17, 15) is 42.0 Å². The van der Waals surface area contributed by atoms with Crippen molar-refractivity contribution in [3.8, 4) is 11.5 Å². The van der Waals surface area contributed by atoms with Crippen LogP contribution < -0.4 is 4.74 Å². The summed E-state index contributed by atoms with van der Waals surface area (Å²) >= 11 is 1.80. The topological polar surface area (TPSA) is 170 Å². The fourth-order valence-electron chi connectivity index (χ4n) is 2.21. The minimum atomic E-state index is -5.95. The molecule has 2 aromatic rings. The molecule has 0 aliphatic heterocycles. The van der Waals surface area contributed by atoms with E-state index in [-0.39, 0.29) is 11.3 Å². The first kappa shape index (κ1) is 25.3. The Morgan fingerprint density at radius 1 is 1.19 bits per heavy atom. The Bertz CT molecular complexity index is 1200. The summed E-state index contributed by atoms with van der Waals surface area (Å²) in [5.74, 6) is -3.39. The van der Waals surface area contributed by atoms with Gasteiger partial charge in [-0.25, -0.2) is 9.59 Å². The second-order valence-electron chi connectivity index (χ2n) is 6.08. The number of nitrogens with zero attached hydrogens (tertiary/aromatic N) is 1. The van der Waals surface area contributed by atoms with Crippen molar-refractivity contribution in [2.45, 2.75) is 18.3 Å². The second-order valence-corrected chi connectivity index (χ2v) is 8.73. The third-order valence-corrected chi connectivity index (χ3v) is 5.81. The van der Waals surface area contributed by atoms with Crippen molar-refractivity contribution in [3.63, 3.8) is 0 Å². The van der Waals surface area contributed by atoms with Gasteiger partial charge in [0.25, 0.3) is 5.69 Å². The van der Waals surface area contributed by atoms with Gasteiger partial charge in [0.05, 0.1) is 14.1 Å². The van der Waals surface area contributed by atoms with E-state index in [0.717, 1.165) is 18.2 Å². The van der Waals surface area contributed by atoms with Gasteiger partial charge in [-0.2, -0.15) is 17.2 Å². The van der Waals surface area contributed by atoms with Crippen LogP contribution in [0, 0.1) is 13.7 Å². The number of nitro groups is 1. The smallest absolute Gasteiger partial charge is 0.405 e. The molecule has 0 aromatic heterocycles. The van der Waals surface area contributed by atoms with Crippen LogP contribution in [0.25, 0.3) is 0 Å². The molecule has 11 nitrogen and oxygen atoms in total. The van der Waals surface area contributed by atoms with Crippen LogP contribution >= 0.6 is 22.6 Å². The third kappa shape index (κ3) is 5.46. The number of hydrogen-bond acceptors (Lipinski definition) is 9. The summed E-state index contributed by atoms with van der Waals surface area (Å²) in [6.45, 7) is 0.449. The van der Waals surface area contributed by atoms with Crippen LogP contribution in [0.2, 0.25) is 0 Å². The first-order valence-electron chi connectivity index (χ1n) is 8.20. The summed E-state index contributed by atoms with van der Waals surface area (Å²) in [5, 5.41) is 15.9. The van der Waals surface area contributed by atoms with E-state index in [0.29, 0.717) is 16.6 Å². The Labute approximate surface area is 192 Å². The lowest BCUT2D eigenvalue weighted by Crippen LogP contribution is -2.42. The van der Waals surface area contributed by atoms with Crippen LogP contribution in [0.4, 0.5) is 14.5 Å². The highest BCUT2D eigenvalue weighted by atomic mass is 127. The van der Waals surface area contributed by atoms with Gasteiger partial charge in [-0.15, -0.1) is 0 Å².